The van der Waals surface area contributed by atoms with Gasteiger partial charge in [-0.2, -0.15) is 15.0 Å². The van der Waals surface area contributed by atoms with Gasteiger partial charge in [0.25, 0.3) is 0 Å². The number of nitrogens with zero attached hydrogens (tertiary/aromatic N) is 3. The number of rotatable bonds is 8. The third-order valence-corrected chi connectivity index (χ3v) is 5.75. The summed E-state index contributed by atoms with van der Waals surface area (Å²) in [6, 6.07) is 9.69. The number of halogens is 1. The molecule has 3 rings (SSSR count). The molecule has 3 aromatic rings. The molecular formula is C20H21FN6O4S. The summed E-state index contributed by atoms with van der Waals surface area (Å²) in [5, 5.41) is 2.85. The van der Waals surface area contributed by atoms with E-state index in [9.17, 15) is 17.6 Å². The topological polar surface area (TPSA) is 149 Å². The summed E-state index contributed by atoms with van der Waals surface area (Å²) in [5.74, 6) is -1.08. The number of carbonyl (C=O) groups is 1. The van der Waals surface area contributed by atoms with Gasteiger partial charge in [-0.15, -0.1) is 0 Å². The Morgan fingerprint density at radius 3 is 2.53 bits per heavy atom. The van der Waals surface area contributed by atoms with Crippen molar-refractivity contribution in [2.45, 2.75) is 25.3 Å². The summed E-state index contributed by atoms with van der Waals surface area (Å²) >= 11 is 0. The first kappa shape index (κ1) is 23.0. The number of sulfonamides is 1. The summed E-state index contributed by atoms with van der Waals surface area (Å²) in [5.41, 5.74) is 6.86. The first-order chi connectivity index (χ1) is 15.2. The minimum absolute atomic E-state index is 0.0490. The minimum atomic E-state index is -3.73. The van der Waals surface area contributed by atoms with Crippen LogP contribution in [0.15, 0.2) is 47.4 Å². The van der Waals surface area contributed by atoms with E-state index in [0.29, 0.717) is 11.3 Å². The van der Waals surface area contributed by atoms with Gasteiger partial charge in [0.15, 0.2) is 12.4 Å². The number of nitrogens with two attached hydrogens (primary N) is 1. The molecule has 2 aromatic carbocycles. The predicted molar refractivity (Wildman–Crippen MR) is 115 cm³/mol. The van der Waals surface area contributed by atoms with Gasteiger partial charge in [0, 0.05) is 12.2 Å². The Morgan fingerprint density at radius 2 is 1.84 bits per heavy atom. The number of aromatic nitrogens is 3. The number of esters is 1. The molecule has 0 aliphatic rings. The first-order valence-corrected chi connectivity index (χ1v) is 11.0. The molecule has 0 bridgehead atoms. The number of anilines is 3. The molecule has 1 aromatic heterocycles. The van der Waals surface area contributed by atoms with Crippen molar-refractivity contribution in [1.29, 1.82) is 0 Å². The average Bonchev–Trinajstić information content (AvgIpc) is 2.73. The van der Waals surface area contributed by atoms with Gasteiger partial charge in [0.2, 0.25) is 21.9 Å². The lowest BCUT2D eigenvalue weighted by Gasteiger charge is -2.11. The molecule has 4 N–H and O–H groups in total. The Balaban J connectivity index is 1.75. The monoisotopic (exact) mass is 460 g/mol. The number of nitrogen functional groups attached to an aromatic ring is 1. The van der Waals surface area contributed by atoms with Crippen LogP contribution < -0.4 is 15.8 Å². The minimum Gasteiger partial charge on any atom is -0.454 e. The molecule has 12 heteroatoms. The molecule has 0 spiro atoms. The third kappa shape index (κ3) is 5.74. The maximum atomic E-state index is 13.1. The van der Waals surface area contributed by atoms with Crippen molar-refractivity contribution in [3.63, 3.8) is 0 Å². The highest BCUT2D eigenvalue weighted by atomic mass is 32.2. The second-order valence-electron chi connectivity index (χ2n) is 6.62. The Labute approximate surface area is 184 Å². The molecule has 168 valence electrons. The normalized spacial score (nSPS) is 11.2. The maximum Gasteiger partial charge on any atom is 0.338 e. The summed E-state index contributed by atoms with van der Waals surface area (Å²) in [6.07, 6.45) is 0. The van der Waals surface area contributed by atoms with Gasteiger partial charge in [-0.25, -0.2) is 22.3 Å². The Kier molecular flexibility index (Phi) is 6.95. The van der Waals surface area contributed by atoms with Crippen LogP contribution in [0.1, 0.15) is 28.7 Å². The molecule has 0 saturated carbocycles. The van der Waals surface area contributed by atoms with Crippen LogP contribution in [0, 0.1) is 12.7 Å². The standard InChI is InChI=1S/C20H21FN6O4S/c1-3-23-32(29,30)15-9-4-12(2)16(10-15)18(28)31-11-17-25-19(22)27-20(26-17)24-14-7-5-13(21)6-8-14/h4-10,23H,3,11H2,1-2H3,(H3,22,24,25,26,27). The van der Waals surface area contributed by atoms with Crippen LogP contribution in [0.3, 0.4) is 0 Å². The third-order valence-electron chi connectivity index (χ3n) is 4.21. The second-order valence-corrected chi connectivity index (χ2v) is 8.39. The molecule has 0 aliphatic carbocycles. The van der Waals surface area contributed by atoms with Gasteiger partial charge in [-0.05, 0) is 48.9 Å². The number of ether oxygens (including phenoxy) is 1. The zero-order valence-electron chi connectivity index (χ0n) is 17.3. The van der Waals surface area contributed by atoms with Crippen LogP contribution in [0.25, 0.3) is 0 Å². The zero-order valence-corrected chi connectivity index (χ0v) is 18.1. The number of benzene rings is 2. The van der Waals surface area contributed by atoms with Gasteiger partial charge in [-0.3, -0.25) is 0 Å². The fourth-order valence-corrected chi connectivity index (χ4v) is 3.76. The zero-order chi connectivity index (χ0) is 23.3. The number of hydrogen-bond acceptors (Lipinski definition) is 9. The fraction of sp³-hybridized carbons (Fsp3) is 0.200. The second kappa shape index (κ2) is 9.66. The van der Waals surface area contributed by atoms with Crippen LogP contribution in [-0.2, 0) is 21.4 Å². The lowest BCUT2D eigenvalue weighted by atomic mass is 10.1. The molecule has 0 fully saturated rings. The van der Waals surface area contributed by atoms with Crippen LogP contribution in [-0.4, -0.2) is 35.9 Å². The number of aryl methyl sites for hydroxylation is 1. The van der Waals surface area contributed by atoms with Crippen molar-refractivity contribution >= 4 is 33.6 Å². The summed E-state index contributed by atoms with van der Waals surface area (Å²) in [6.45, 7) is 3.20. The van der Waals surface area contributed by atoms with E-state index in [0.717, 1.165) is 0 Å². The maximum absolute atomic E-state index is 13.1. The number of hydrogen-bond donors (Lipinski definition) is 3. The van der Waals surface area contributed by atoms with Gasteiger partial charge >= 0.3 is 5.97 Å². The van der Waals surface area contributed by atoms with Crippen molar-refractivity contribution < 1.29 is 22.3 Å². The van der Waals surface area contributed by atoms with Crippen molar-refractivity contribution in [2.24, 2.45) is 0 Å². The predicted octanol–water partition coefficient (Wildman–Crippen LogP) is 2.30. The molecule has 0 radical (unpaired) electrons. The Hall–Kier alpha value is -3.64. The van der Waals surface area contributed by atoms with E-state index < -0.39 is 21.8 Å². The summed E-state index contributed by atoms with van der Waals surface area (Å²) in [4.78, 5) is 24.5. The molecule has 0 amide bonds. The molecule has 1 heterocycles. The van der Waals surface area contributed by atoms with Crippen LogP contribution in [0.5, 0.6) is 0 Å². The molecule has 0 unspecified atom stereocenters. The van der Waals surface area contributed by atoms with Crippen LogP contribution >= 0.6 is 0 Å². The Morgan fingerprint density at radius 1 is 1.12 bits per heavy atom. The van der Waals surface area contributed by atoms with E-state index in [1.165, 1.54) is 42.5 Å². The highest BCUT2D eigenvalue weighted by molar-refractivity contribution is 7.89. The van der Waals surface area contributed by atoms with Gasteiger partial charge < -0.3 is 15.8 Å². The highest BCUT2D eigenvalue weighted by Crippen LogP contribution is 2.18. The largest absolute Gasteiger partial charge is 0.454 e. The number of nitrogens with one attached hydrogen (secondary N) is 2. The van der Waals surface area contributed by atoms with Crippen molar-refractivity contribution in [2.75, 3.05) is 17.6 Å². The van der Waals surface area contributed by atoms with Gasteiger partial charge in [0.1, 0.15) is 5.82 Å². The van der Waals surface area contributed by atoms with E-state index >= 15 is 0 Å². The molecule has 10 nitrogen and oxygen atoms in total. The van der Waals surface area contributed by atoms with Gasteiger partial charge in [0.05, 0.1) is 10.5 Å². The molecule has 0 saturated heterocycles. The van der Waals surface area contributed by atoms with Gasteiger partial charge in [-0.1, -0.05) is 13.0 Å². The van der Waals surface area contributed by atoms with E-state index in [-0.39, 0.29) is 41.3 Å². The number of carbonyl (C=O) groups excluding carboxylic acids is 1. The molecule has 32 heavy (non-hydrogen) atoms. The van der Waals surface area contributed by atoms with Crippen molar-refractivity contribution in [1.82, 2.24) is 19.7 Å². The SMILES string of the molecule is CCNS(=O)(=O)c1ccc(C)c(C(=O)OCc2nc(N)nc(Nc3ccc(F)cc3)n2)c1. The highest BCUT2D eigenvalue weighted by Gasteiger charge is 2.19. The fourth-order valence-electron chi connectivity index (χ4n) is 2.69. The van der Waals surface area contributed by atoms with E-state index in [2.05, 4.69) is 25.0 Å². The van der Waals surface area contributed by atoms with Crippen LogP contribution in [0.2, 0.25) is 0 Å². The smallest absolute Gasteiger partial charge is 0.338 e. The summed E-state index contributed by atoms with van der Waals surface area (Å²) < 4.78 is 45.1. The lowest BCUT2D eigenvalue weighted by molar-refractivity contribution is 0.0461. The van der Waals surface area contributed by atoms with E-state index in [1.807, 2.05) is 0 Å². The summed E-state index contributed by atoms with van der Waals surface area (Å²) in [7, 11) is -3.73. The molecule has 0 atom stereocenters. The van der Waals surface area contributed by atoms with E-state index in [4.69, 9.17) is 10.5 Å². The van der Waals surface area contributed by atoms with Crippen molar-refractivity contribution in [3.8, 4) is 0 Å². The average molecular weight is 460 g/mol. The lowest BCUT2D eigenvalue weighted by Crippen LogP contribution is -2.23. The van der Waals surface area contributed by atoms with E-state index in [1.54, 1.807) is 13.8 Å². The Bertz CT molecular complexity index is 1240. The molecule has 0 aliphatic heterocycles. The van der Waals surface area contributed by atoms with Crippen molar-refractivity contribution in [3.05, 3.63) is 65.2 Å². The molecular weight excluding hydrogens is 439 g/mol. The van der Waals surface area contributed by atoms with Crippen LogP contribution in [0.4, 0.5) is 22.0 Å². The quantitative estimate of drug-likeness (QED) is 0.430. The first-order valence-electron chi connectivity index (χ1n) is 9.48.